The summed E-state index contributed by atoms with van der Waals surface area (Å²) in [7, 11) is 0. The maximum Gasteiger partial charge on any atom is 0.330 e. The summed E-state index contributed by atoms with van der Waals surface area (Å²) in [6.07, 6.45) is -1.07. The molecule has 0 aromatic carbocycles. The number of aliphatic carboxylic acids is 2. The standard InChI is InChI=1S/C38H52O13/c1-19(10-9-11-20(2)33(47)48)22-14-26(42)38(8)29-23(40)15-24-35(5,30(29)31(46)32(37(22,38)7)51-21(3)39)13-12-25(41)36(24,6)18-50-28(45)17-34(4,49)16-27(43)44/h11,19,22,24-25,32,41,49H,9-10,12-18H2,1-8H3,(H,43,44)(H,47,48). The molecule has 282 valence electrons. The van der Waals surface area contributed by atoms with Gasteiger partial charge < -0.3 is 29.9 Å². The van der Waals surface area contributed by atoms with Crippen LogP contribution in [-0.2, 0) is 43.0 Å². The van der Waals surface area contributed by atoms with E-state index in [0.717, 1.165) is 0 Å². The van der Waals surface area contributed by atoms with Gasteiger partial charge in [-0.05, 0) is 64.2 Å². The molecule has 0 spiro atoms. The topological polar surface area (TPSA) is 219 Å². The zero-order valence-electron chi connectivity index (χ0n) is 30.8. The number of esters is 2. The summed E-state index contributed by atoms with van der Waals surface area (Å²) in [5.41, 5.74) is -6.69. The van der Waals surface area contributed by atoms with Crippen LogP contribution in [0.5, 0.6) is 0 Å². The van der Waals surface area contributed by atoms with Crippen LogP contribution in [0.15, 0.2) is 22.8 Å². The number of hydrogen-bond donors (Lipinski definition) is 4. The molecule has 0 aromatic heterocycles. The minimum atomic E-state index is -1.89. The van der Waals surface area contributed by atoms with Crippen molar-refractivity contribution in [3.05, 3.63) is 22.8 Å². The first kappa shape index (κ1) is 40.1. The third-order valence-electron chi connectivity index (χ3n) is 13.1. The van der Waals surface area contributed by atoms with Gasteiger partial charge >= 0.3 is 23.9 Å². The van der Waals surface area contributed by atoms with Crippen LogP contribution in [0.3, 0.4) is 0 Å². The number of carbonyl (C=O) groups excluding carboxylic acids is 5. The lowest BCUT2D eigenvalue weighted by atomic mass is 9.42. The molecule has 4 aliphatic carbocycles. The van der Waals surface area contributed by atoms with Crippen LogP contribution in [0.4, 0.5) is 0 Å². The number of hydrogen-bond acceptors (Lipinski definition) is 11. The minimum Gasteiger partial charge on any atom is -0.481 e. The highest BCUT2D eigenvalue weighted by molar-refractivity contribution is 6.18. The van der Waals surface area contributed by atoms with Crippen LogP contribution in [0.25, 0.3) is 0 Å². The highest BCUT2D eigenvalue weighted by atomic mass is 16.5. The van der Waals surface area contributed by atoms with E-state index < -0.39 is 106 Å². The Bertz CT molecular complexity index is 1600. The Morgan fingerprint density at radius 1 is 1.00 bits per heavy atom. The van der Waals surface area contributed by atoms with E-state index in [1.54, 1.807) is 33.8 Å². The van der Waals surface area contributed by atoms with Crippen molar-refractivity contribution in [3.63, 3.8) is 0 Å². The summed E-state index contributed by atoms with van der Waals surface area (Å²) < 4.78 is 11.4. The van der Waals surface area contributed by atoms with Gasteiger partial charge in [0.05, 0.1) is 36.6 Å². The summed E-state index contributed by atoms with van der Waals surface area (Å²) in [4.78, 5) is 91.8. The van der Waals surface area contributed by atoms with E-state index in [2.05, 4.69) is 0 Å². The second kappa shape index (κ2) is 13.7. The number of aliphatic hydroxyl groups is 2. The fourth-order valence-corrected chi connectivity index (χ4v) is 10.0. The Kier molecular flexibility index (Phi) is 10.8. The first-order valence-electron chi connectivity index (χ1n) is 17.6. The third-order valence-corrected chi connectivity index (χ3v) is 13.1. The number of fused-ring (bicyclic) bond motifs is 4. The molecule has 0 bridgehead atoms. The zero-order chi connectivity index (χ0) is 38.6. The number of Topliss-reactive ketones (excluding diaryl/α,β-unsaturated/α-hetero) is 3. The fourth-order valence-electron chi connectivity index (χ4n) is 10.0. The van der Waals surface area contributed by atoms with Gasteiger partial charge in [-0.15, -0.1) is 0 Å². The molecular formula is C38H52O13. The summed E-state index contributed by atoms with van der Waals surface area (Å²) in [6, 6.07) is 0. The van der Waals surface area contributed by atoms with Crippen molar-refractivity contribution >= 4 is 41.2 Å². The van der Waals surface area contributed by atoms with E-state index in [1.807, 2.05) is 6.92 Å². The molecule has 4 rings (SSSR count). The molecule has 4 aliphatic rings. The second-order valence-electron chi connectivity index (χ2n) is 16.6. The van der Waals surface area contributed by atoms with Gasteiger partial charge in [-0.2, -0.15) is 0 Å². The number of carboxylic acids is 2. The molecule has 0 amide bonds. The summed E-state index contributed by atoms with van der Waals surface area (Å²) in [6.45, 7) is 12.2. The van der Waals surface area contributed by atoms with Crippen molar-refractivity contribution in [2.24, 2.45) is 39.4 Å². The Balaban J connectivity index is 1.79. The Hall–Kier alpha value is -3.71. The lowest BCUT2D eigenvalue weighted by Crippen LogP contribution is -2.65. The van der Waals surface area contributed by atoms with Gasteiger partial charge in [0.1, 0.15) is 5.78 Å². The minimum absolute atomic E-state index is 0.0169. The van der Waals surface area contributed by atoms with Gasteiger partial charge in [0, 0.05) is 52.7 Å². The smallest absolute Gasteiger partial charge is 0.330 e. The summed E-state index contributed by atoms with van der Waals surface area (Å²) in [5, 5.41) is 40.1. The number of carbonyl (C=O) groups is 7. The molecule has 10 atom stereocenters. The third kappa shape index (κ3) is 6.60. The number of ketones is 3. The highest BCUT2D eigenvalue weighted by Crippen LogP contribution is 2.70. The molecule has 2 fully saturated rings. The normalized spacial score (nSPS) is 36.7. The molecule has 2 saturated carbocycles. The van der Waals surface area contributed by atoms with Gasteiger partial charge in [-0.1, -0.05) is 33.8 Å². The average molecular weight is 717 g/mol. The fraction of sp³-hybridized carbons (Fsp3) is 0.711. The monoisotopic (exact) mass is 716 g/mol. The predicted molar refractivity (Wildman–Crippen MR) is 180 cm³/mol. The molecule has 4 N–H and O–H groups in total. The van der Waals surface area contributed by atoms with E-state index in [1.165, 1.54) is 20.8 Å². The van der Waals surface area contributed by atoms with Crippen molar-refractivity contribution in [3.8, 4) is 0 Å². The van der Waals surface area contributed by atoms with Crippen molar-refractivity contribution in [1.82, 2.24) is 0 Å². The Morgan fingerprint density at radius 3 is 2.20 bits per heavy atom. The van der Waals surface area contributed by atoms with E-state index >= 15 is 0 Å². The maximum atomic E-state index is 15.0. The lowest BCUT2D eigenvalue weighted by Gasteiger charge is -2.61. The van der Waals surface area contributed by atoms with Gasteiger partial charge in [0.25, 0.3) is 0 Å². The molecule has 0 radical (unpaired) electrons. The van der Waals surface area contributed by atoms with Crippen LogP contribution in [0.1, 0.15) is 107 Å². The van der Waals surface area contributed by atoms with Crippen LogP contribution in [0.2, 0.25) is 0 Å². The lowest BCUT2D eigenvalue weighted by molar-refractivity contribution is -0.180. The first-order valence-corrected chi connectivity index (χ1v) is 17.6. The van der Waals surface area contributed by atoms with E-state index in [9.17, 15) is 48.9 Å². The molecule has 13 heteroatoms. The Morgan fingerprint density at radius 2 is 1.63 bits per heavy atom. The van der Waals surface area contributed by atoms with Gasteiger partial charge in [-0.25, -0.2) is 4.79 Å². The van der Waals surface area contributed by atoms with Crippen molar-refractivity contribution in [2.75, 3.05) is 6.61 Å². The molecule has 10 unspecified atom stereocenters. The molecule has 0 aromatic rings. The van der Waals surface area contributed by atoms with Crippen LogP contribution < -0.4 is 0 Å². The average Bonchev–Trinajstić information content (AvgIpc) is 3.22. The van der Waals surface area contributed by atoms with Crippen molar-refractivity contribution < 1.29 is 63.5 Å². The summed E-state index contributed by atoms with van der Waals surface area (Å²) in [5.74, 6) is -6.74. The van der Waals surface area contributed by atoms with Gasteiger partial charge in [-0.3, -0.25) is 28.8 Å². The van der Waals surface area contributed by atoms with Crippen LogP contribution in [-0.4, -0.2) is 86.1 Å². The molecule has 51 heavy (non-hydrogen) atoms. The molecule has 0 saturated heterocycles. The van der Waals surface area contributed by atoms with E-state index in [0.29, 0.717) is 12.8 Å². The summed E-state index contributed by atoms with van der Waals surface area (Å²) >= 11 is 0. The molecule has 13 nitrogen and oxygen atoms in total. The second-order valence-corrected chi connectivity index (χ2v) is 16.6. The predicted octanol–water partition coefficient (Wildman–Crippen LogP) is 3.76. The van der Waals surface area contributed by atoms with Crippen molar-refractivity contribution in [1.29, 1.82) is 0 Å². The number of allylic oxidation sites excluding steroid dienone is 2. The van der Waals surface area contributed by atoms with Gasteiger partial charge in [0.2, 0.25) is 5.78 Å². The highest BCUT2D eigenvalue weighted by Gasteiger charge is 2.75. The van der Waals surface area contributed by atoms with Gasteiger partial charge in [0.15, 0.2) is 11.9 Å². The number of rotatable bonds is 12. The van der Waals surface area contributed by atoms with Crippen molar-refractivity contribution in [2.45, 2.75) is 125 Å². The van der Waals surface area contributed by atoms with E-state index in [4.69, 9.17) is 14.6 Å². The maximum absolute atomic E-state index is 15.0. The van der Waals surface area contributed by atoms with Crippen LogP contribution >= 0.6 is 0 Å². The zero-order valence-corrected chi connectivity index (χ0v) is 30.8. The number of aliphatic hydroxyl groups excluding tert-OH is 1. The first-order chi connectivity index (χ1) is 23.4. The molecular weight excluding hydrogens is 664 g/mol. The molecule has 0 heterocycles. The number of carboxylic acid groups (broad SMARTS) is 2. The quantitative estimate of drug-likeness (QED) is 0.167. The SMILES string of the molecule is CC(=O)OC1C(=O)C2=C(C(=O)CC3C2(C)CCC(O)C3(C)COC(=O)CC(C)(O)CC(=O)O)C2(C)C(=O)CC(C(C)CCC=C(C)C(=O)O)C12C. The largest absolute Gasteiger partial charge is 0.481 e. The Labute approximate surface area is 297 Å². The molecule has 0 aliphatic heterocycles. The number of ether oxygens (including phenoxy) is 2. The van der Waals surface area contributed by atoms with Crippen LogP contribution in [0, 0.1) is 39.4 Å². The van der Waals surface area contributed by atoms with E-state index in [-0.39, 0.29) is 54.1 Å².